The Kier molecular flexibility index (Phi) is 3.76. The van der Waals surface area contributed by atoms with E-state index in [2.05, 4.69) is 10.3 Å². The number of rotatable bonds is 5. The van der Waals surface area contributed by atoms with Crippen LogP contribution in [0.4, 0.5) is 0 Å². The fourth-order valence-electron chi connectivity index (χ4n) is 1.86. The zero-order valence-corrected chi connectivity index (χ0v) is 11.0. The Morgan fingerprint density at radius 3 is 2.75 bits per heavy atom. The molecular weight excluding hydrogens is 260 g/mol. The quantitative estimate of drug-likeness (QED) is 0.644. The number of aliphatic hydroxyl groups is 1. The van der Waals surface area contributed by atoms with Crippen LogP contribution >= 0.6 is 0 Å². The maximum atomic E-state index is 11.8. The molecule has 0 radical (unpaired) electrons. The van der Waals surface area contributed by atoms with Crippen molar-refractivity contribution in [1.29, 1.82) is 0 Å². The summed E-state index contributed by atoms with van der Waals surface area (Å²) < 4.78 is 0. The summed E-state index contributed by atoms with van der Waals surface area (Å²) in [7, 11) is 0. The molecule has 0 aliphatic heterocycles. The SMILES string of the molecule is CC(O)(CNC(=O)Cc1c[nH]c2ccccc12)C(=O)O. The van der Waals surface area contributed by atoms with Crippen LogP contribution in [-0.4, -0.2) is 39.2 Å². The first-order valence-electron chi connectivity index (χ1n) is 6.17. The number of para-hydroxylation sites is 1. The Morgan fingerprint density at radius 2 is 2.05 bits per heavy atom. The second-order valence-electron chi connectivity index (χ2n) is 4.89. The largest absolute Gasteiger partial charge is 0.479 e. The summed E-state index contributed by atoms with van der Waals surface area (Å²) in [6.07, 6.45) is 1.87. The highest BCUT2D eigenvalue weighted by Crippen LogP contribution is 2.17. The minimum absolute atomic E-state index is 0.125. The van der Waals surface area contributed by atoms with Gasteiger partial charge in [0.2, 0.25) is 5.91 Å². The van der Waals surface area contributed by atoms with Crippen LogP contribution in [0.2, 0.25) is 0 Å². The summed E-state index contributed by atoms with van der Waals surface area (Å²) in [4.78, 5) is 25.6. The lowest BCUT2D eigenvalue weighted by Crippen LogP contribution is -2.46. The van der Waals surface area contributed by atoms with Crippen LogP contribution in [0.25, 0.3) is 10.9 Å². The molecule has 1 aromatic heterocycles. The Bertz CT molecular complexity index is 645. The van der Waals surface area contributed by atoms with Crippen LogP contribution in [0.1, 0.15) is 12.5 Å². The number of carboxylic acid groups (broad SMARTS) is 1. The van der Waals surface area contributed by atoms with Crippen LogP contribution in [0, 0.1) is 0 Å². The number of fused-ring (bicyclic) bond motifs is 1. The van der Waals surface area contributed by atoms with Crippen molar-refractivity contribution < 1.29 is 19.8 Å². The summed E-state index contributed by atoms with van der Waals surface area (Å²) in [5.74, 6) is -1.71. The maximum Gasteiger partial charge on any atom is 0.337 e. The molecule has 1 heterocycles. The molecule has 1 aromatic carbocycles. The highest BCUT2D eigenvalue weighted by molar-refractivity contribution is 5.89. The minimum Gasteiger partial charge on any atom is -0.479 e. The van der Waals surface area contributed by atoms with Gasteiger partial charge in [0.05, 0.1) is 13.0 Å². The van der Waals surface area contributed by atoms with E-state index in [1.54, 1.807) is 6.20 Å². The summed E-state index contributed by atoms with van der Waals surface area (Å²) in [5.41, 5.74) is -0.198. The van der Waals surface area contributed by atoms with Gasteiger partial charge in [-0.3, -0.25) is 4.79 Å². The lowest BCUT2D eigenvalue weighted by Gasteiger charge is -2.18. The molecular formula is C14H16N2O4. The third-order valence-corrected chi connectivity index (χ3v) is 3.12. The van der Waals surface area contributed by atoms with Gasteiger partial charge >= 0.3 is 5.97 Å². The van der Waals surface area contributed by atoms with E-state index in [-0.39, 0.29) is 18.9 Å². The summed E-state index contributed by atoms with van der Waals surface area (Å²) in [6.45, 7) is 0.810. The number of aromatic amines is 1. The number of benzene rings is 1. The molecule has 1 amide bonds. The van der Waals surface area contributed by atoms with Gasteiger partial charge < -0.3 is 20.5 Å². The van der Waals surface area contributed by atoms with Crippen molar-refractivity contribution in [3.05, 3.63) is 36.0 Å². The number of carboxylic acids is 1. The van der Waals surface area contributed by atoms with Gasteiger partial charge in [0.25, 0.3) is 0 Å². The van der Waals surface area contributed by atoms with E-state index in [1.165, 1.54) is 0 Å². The van der Waals surface area contributed by atoms with Crippen molar-refractivity contribution in [2.45, 2.75) is 18.9 Å². The van der Waals surface area contributed by atoms with E-state index in [0.717, 1.165) is 23.4 Å². The summed E-state index contributed by atoms with van der Waals surface area (Å²) in [5, 5.41) is 21.6. The number of H-pyrrole nitrogens is 1. The Hall–Kier alpha value is -2.34. The number of hydrogen-bond donors (Lipinski definition) is 4. The van der Waals surface area contributed by atoms with Gasteiger partial charge in [-0.2, -0.15) is 0 Å². The van der Waals surface area contributed by atoms with Crippen LogP contribution in [0.5, 0.6) is 0 Å². The van der Waals surface area contributed by atoms with E-state index < -0.39 is 11.6 Å². The van der Waals surface area contributed by atoms with E-state index in [9.17, 15) is 14.7 Å². The number of aromatic nitrogens is 1. The molecule has 6 nitrogen and oxygen atoms in total. The lowest BCUT2D eigenvalue weighted by molar-refractivity contribution is -0.156. The molecule has 0 saturated heterocycles. The average Bonchev–Trinajstić information content (AvgIpc) is 2.80. The van der Waals surface area contributed by atoms with Crippen LogP contribution < -0.4 is 5.32 Å². The highest BCUT2D eigenvalue weighted by atomic mass is 16.4. The average molecular weight is 276 g/mol. The first-order chi connectivity index (χ1) is 9.40. The van der Waals surface area contributed by atoms with Gasteiger partial charge in [0.1, 0.15) is 0 Å². The van der Waals surface area contributed by atoms with Gasteiger partial charge in [-0.05, 0) is 18.6 Å². The lowest BCUT2D eigenvalue weighted by atomic mass is 10.1. The maximum absolute atomic E-state index is 11.8. The third-order valence-electron chi connectivity index (χ3n) is 3.12. The molecule has 1 unspecified atom stereocenters. The molecule has 106 valence electrons. The zero-order chi connectivity index (χ0) is 14.8. The first-order valence-corrected chi connectivity index (χ1v) is 6.17. The van der Waals surface area contributed by atoms with E-state index >= 15 is 0 Å². The summed E-state index contributed by atoms with van der Waals surface area (Å²) in [6, 6.07) is 7.59. The van der Waals surface area contributed by atoms with E-state index in [1.807, 2.05) is 24.3 Å². The fourth-order valence-corrected chi connectivity index (χ4v) is 1.86. The number of amides is 1. The number of carbonyl (C=O) groups is 2. The van der Waals surface area contributed by atoms with Crippen molar-refractivity contribution in [2.24, 2.45) is 0 Å². The van der Waals surface area contributed by atoms with Gasteiger partial charge in [-0.25, -0.2) is 4.79 Å². The predicted octanol–water partition coefficient (Wildman–Crippen LogP) is 0.662. The molecule has 1 atom stereocenters. The second-order valence-corrected chi connectivity index (χ2v) is 4.89. The van der Waals surface area contributed by atoms with Gasteiger partial charge in [0.15, 0.2) is 5.60 Å². The van der Waals surface area contributed by atoms with E-state index in [4.69, 9.17) is 5.11 Å². The normalized spacial score (nSPS) is 13.9. The van der Waals surface area contributed by atoms with Gasteiger partial charge in [-0.1, -0.05) is 18.2 Å². The number of hydrogen-bond acceptors (Lipinski definition) is 3. The highest BCUT2D eigenvalue weighted by Gasteiger charge is 2.30. The monoisotopic (exact) mass is 276 g/mol. The molecule has 4 N–H and O–H groups in total. The second kappa shape index (κ2) is 5.34. The zero-order valence-electron chi connectivity index (χ0n) is 11.0. The summed E-state index contributed by atoms with van der Waals surface area (Å²) >= 11 is 0. The van der Waals surface area contributed by atoms with Crippen molar-refractivity contribution in [3.63, 3.8) is 0 Å². The molecule has 6 heteroatoms. The molecule has 0 fully saturated rings. The van der Waals surface area contributed by atoms with Crippen LogP contribution in [0.3, 0.4) is 0 Å². The van der Waals surface area contributed by atoms with Crippen molar-refractivity contribution in [3.8, 4) is 0 Å². The van der Waals surface area contributed by atoms with Gasteiger partial charge in [-0.15, -0.1) is 0 Å². The third kappa shape index (κ3) is 2.97. The number of aliphatic carboxylic acids is 1. The molecule has 0 bridgehead atoms. The van der Waals surface area contributed by atoms with Crippen LogP contribution in [-0.2, 0) is 16.0 Å². The molecule has 0 spiro atoms. The molecule has 2 rings (SSSR count). The molecule has 2 aromatic rings. The van der Waals surface area contributed by atoms with Gasteiger partial charge in [0, 0.05) is 17.1 Å². The van der Waals surface area contributed by atoms with E-state index in [0.29, 0.717) is 0 Å². The Labute approximate surface area is 115 Å². The van der Waals surface area contributed by atoms with Crippen molar-refractivity contribution in [2.75, 3.05) is 6.54 Å². The number of carbonyl (C=O) groups excluding carboxylic acids is 1. The Morgan fingerprint density at radius 1 is 1.35 bits per heavy atom. The fraction of sp³-hybridized carbons (Fsp3) is 0.286. The van der Waals surface area contributed by atoms with Crippen molar-refractivity contribution >= 4 is 22.8 Å². The molecule has 0 aliphatic carbocycles. The topological polar surface area (TPSA) is 102 Å². The first kappa shape index (κ1) is 14.1. The Balaban J connectivity index is 2.00. The van der Waals surface area contributed by atoms with Crippen molar-refractivity contribution in [1.82, 2.24) is 10.3 Å². The molecule has 0 aliphatic rings. The minimum atomic E-state index is -1.96. The predicted molar refractivity (Wildman–Crippen MR) is 73.3 cm³/mol. The smallest absolute Gasteiger partial charge is 0.337 e. The standard InChI is InChI=1S/C14H16N2O4/c1-14(20,13(18)19)8-16-12(17)6-9-7-15-11-5-3-2-4-10(9)11/h2-5,7,15,20H,6,8H2,1H3,(H,16,17)(H,18,19). The molecule has 20 heavy (non-hydrogen) atoms. The number of nitrogens with one attached hydrogen (secondary N) is 2. The molecule has 0 saturated carbocycles. The van der Waals surface area contributed by atoms with Crippen LogP contribution in [0.15, 0.2) is 30.5 Å².